The summed E-state index contributed by atoms with van der Waals surface area (Å²) in [5.41, 5.74) is -0.449. The van der Waals surface area contributed by atoms with Gasteiger partial charge in [0.05, 0.1) is 5.60 Å². The number of piperidine rings is 1. The number of nitrogens with one attached hydrogen (secondary N) is 1. The van der Waals surface area contributed by atoms with E-state index in [1.54, 1.807) is 0 Å². The molecule has 2 heterocycles. The van der Waals surface area contributed by atoms with Crippen molar-refractivity contribution >= 4 is 0 Å². The molecule has 0 radical (unpaired) electrons. The molecule has 1 aromatic heterocycles. The molecule has 2 aliphatic rings. The SMILES string of the molecule is Cc1nc(C2CCCN(CC3(O)CCCCC3)C2)n[nH]1. The molecule has 2 N–H and O–H groups in total. The predicted octanol–water partition coefficient (Wildman–Crippen LogP) is 1.99. The zero-order valence-corrected chi connectivity index (χ0v) is 12.4. The van der Waals surface area contributed by atoms with Gasteiger partial charge in [-0.1, -0.05) is 19.3 Å². The Morgan fingerprint density at radius 2 is 2.10 bits per heavy atom. The van der Waals surface area contributed by atoms with Gasteiger partial charge in [-0.3, -0.25) is 10.00 Å². The molecule has 5 nitrogen and oxygen atoms in total. The molecule has 1 saturated heterocycles. The number of aromatic amines is 1. The van der Waals surface area contributed by atoms with Crippen LogP contribution in [0.5, 0.6) is 0 Å². The van der Waals surface area contributed by atoms with Crippen LogP contribution in [0.2, 0.25) is 0 Å². The minimum atomic E-state index is -0.449. The average Bonchev–Trinajstić information content (AvgIpc) is 2.86. The number of hydrogen-bond donors (Lipinski definition) is 2. The van der Waals surface area contributed by atoms with Crippen molar-refractivity contribution in [3.05, 3.63) is 11.6 Å². The maximum absolute atomic E-state index is 10.7. The molecule has 20 heavy (non-hydrogen) atoms. The molecule has 112 valence electrons. The quantitative estimate of drug-likeness (QED) is 0.887. The standard InChI is InChI=1S/C15H26N4O/c1-12-16-14(18-17-12)13-6-5-9-19(10-13)11-15(20)7-3-2-4-8-15/h13,20H,2-11H2,1H3,(H,16,17,18). The van der Waals surface area contributed by atoms with Crippen LogP contribution in [0.3, 0.4) is 0 Å². The Bertz CT molecular complexity index is 439. The highest BCUT2D eigenvalue weighted by Crippen LogP contribution is 2.31. The number of rotatable bonds is 3. The summed E-state index contributed by atoms with van der Waals surface area (Å²) in [5, 5.41) is 18.0. The molecule has 1 saturated carbocycles. The van der Waals surface area contributed by atoms with Crippen molar-refractivity contribution in [2.75, 3.05) is 19.6 Å². The largest absolute Gasteiger partial charge is 0.389 e. The molecule has 1 aliphatic heterocycles. The van der Waals surface area contributed by atoms with Crippen LogP contribution in [0.15, 0.2) is 0 Å². The molecule has 0 spiro atoms. The van der Waals surface area contributed by atoms with Gasteiger partial charge in [0.15, 0.2) is 5.82 Å². The van der Waals surface area contributed by atoms with Crippen molar-refractivity contribution < 1.29 is 5.11 Å². The number of aryl methyl sites for hydroxylation is 1. The van der Waals surface area contributed by atoms with Gasteiger partial charge in [0.2, 0.25) is 0 Å². The van der Waals surface area contributed by atoms with Crippen molar-refractivity contribution in [3.8, 4) is 0 Å². The Labute approximate surface area is 120 Å². The van der Waals surface area contributed by atoms with Gasteiger partial charge in [0.25, 0.3) is 0 Å². The monoisotopic (exact) mass is 278 g/mol. The van der Waals surface area contributed by atoms with E-state index in [0.29, 0.717) is 5.92 Å². The first-order valence-corrected chi connectivity index (χ1v) is 7.98. The van der Waals surface area contributed by atoms with Crippen molar-refractivity contribution in [1.82, 2.24) is 20.1 Å². The van der Waals surface area contributed by atoms with Gasteiger partial charge in [-0.05, 0) is 39.2 Å². The van der Waals surface area contributed by atoms with E-state index < -0.39 is 5.60 Å². The van der Waals surface area contributed by atoms with Gasteiger partial charge in [-0.25, -0.2) is 4.98 Å². The van der Waals surface area contributed by atoms with Crippen LogP contribution in [0, 0.1) is 6.92 Å². The van der Waals surface area contributed by atoms with E-state index in [2.05, 4.69) is 20.1 Å². The van der Waals surface area contributed by atoms with Gasteiger partial charge in [0, 0.05) is 19.0 Å². The summed E-state index contributed by atoms with van der Waals surface area (Å²) in [6.07, 6.45) is 7.89. The minimum Gasteiger partial charge on any atom is -0.389 e. The molecule has 1 aromatic rings. The van der Waals surface area contributed by atoms with E-state index in [1.165, 1.54) is 25.7 Å². The first-order valence-electron chi connectivity index (χ1n) is 7.98. The highest BCUT2D eigenvalue weighted by molar-refractivity contribution is 5.00. The number of H-pyrrole nitrogens is 1. The average molecular weight is 278 g/mol. The molecule has 2 fully saturated rings. The van der Waals surface area contributed by atoms with E-state index in [-0.39, 0.29) is 0 Å². The van der Waals surface area contributed by atoms with Crippen LogP contribution in [0.25, 0.3) is 0 Å². The third kappa shape index (κ3) is 3.20. The second-order valence-electron chi connectivity index (χ2n) is 6.64. The Kier molecular flexibility index (Phi) is 4.08. The summed E-state index contributed by atoms with van der Waals surface area (Å²) < 4.78 is 0. The number of likely N-dealkylation sites (tertiary alicyclic amines) is 1. The summed E-state index contributed by atoms with van der Waals surface area (Å²) in [6, 6.07) is 0. The fourth-order valence-electron chi connectivity index (χ4n) is 3.74. The lowest BCUT2D eigenvalue weighted by Gasteiger charge is -2.40. The molecule has 0 amide bonds. The maximum atomic E-state index is 10.7. The highest BCUT2D eigenvalue weighted by atomic mass is 16.3. The summed E-state index contributed by atoms with van der Waals surface area (Å²) in [4.78, 5) is 6.90. The molecular formula is C15H26N4O. The summed E-state index contributed by atoms with van der Waals surface area (Å²) in [7, 11) is 0. The smallest absolute Gasteiger partial charge is 0.155 e. The maximum Gasteiger partial charge on any atom is 0.155 e. The number of β-amino-alcohol motifs (C(OH)–C–C–N with tert-alkyl or cyclic N) is 1. The van der Waals surface area contributed by atoms with Crippen molar-refractivity contribution in [2.45, 2.75) is 63.4 Å². The number of nitrogens with zero attached hydrogens (tertiary/aromatic N) is 3. The highest BCUT2D eigenvalue weighted by Gasteiger charge is 2.33. The number of hydrogen-bond acceptors (Lipinski definition) is 4. The van der Waals surface area contributed by atoms with Crippen LogP contribution in [0.4, 0.5) is 0 Å². The number of aromatic nitrogens is 3. The topological polar surface area (TPSA) is 65.0 Å². The molecule has 1 aliphatic carbocycles. The summed E-state index contributed by atoms with van der Waals surface area (Å²) in [6.45, 7) is 4.86. The van der Waals surface area contributed by atoms with Crippen LogP contribution in [-0.4, -0.2) is 50.4 Å². The predicted molar refractivity (Wildman–Crippen MR) is 77.6 cm³/mol. The van der Waals surface area contributed by atoms with E-state index >= 15 is 0 Å². The first-order chi connectivity index (χ1) is 9.65. The Balaban J connectivity index is 1.60. The third-order valence-electron chi connectivity index (χ3n) is 4.79. The Hall–Kier alpha value is -0.940. The minimum absolute atomic E-state index is 0.417. The normalized spacial score (nSPS) is 27.6. The summed E-state index contributed by atoms with van der Waals surface area (Å²) >= 11 is 0. The lowest BCUT2D eigenvalue weighted by atomic mass is 9.83. The molecule has 0 bridgehead atoms. The van der Waals surface area contributed by atoms with Crippen LogP contribution in [-0.2, 0) is 0 Å². The fourth-order valence-corrected chi connectivity index (χ4v) is 3.74. The third-order valence-corrected chi connectivity index (χ3v) is 4.79. The zero-order valence-electron chi connectivity index (χ0n) is 12.4. The molecule has 5 heteroatoms. The Morgan fingerprint density at radius 3 is 2.80 bits per heavy atom. The van der Waals surface area contributed by atoms with Crippen LogP contribution in [0.1, 0.15) is 62.5 Å². The van der Waals surface area contributed by atoms with Crippen LogP contribution < -0.4 is 0 Å². The van der Waals surface area contributed by atoms with Gasteiger partial charge in [-0.2, -0.15) is 5.10 Å². The Morgan fingerprint density at radius 1 is 1.30 bits per heavy atom. The molecular weight excluding hydrogens is 252 g/mol. The summed E-state index contributed by atoms with van der Waals surface area (Å²) in [5.74, 6) is 2.26. The molecule has 1 unspecified atom stereocenters. The fraction of sp³-hybridized carbons (Fsp3) is 0.867. The van der Waals surface area contributed by atoms with Crippen molar-refractivity contribution in [1.29, 1.82) is 0 Å². The van der Waals surface area contributed by atoms with E-state index in [0.717, 1.165) is 50.5 Å². The van der Waals surface area contributed by atoms with E-state index in [4.69, 9.17) is 0 Å². The van der Waals surface area contributed by atoms with Crippen molar-refractivity contribution in [3.63, 3.8) is 0 Å². The van der Waals surface area contributed by atoms with E-state index in [9.17, 15) is 5.11 Å². The van der Waals surface area contributed by atoms with Crippen molar-refractivity contribution in [2.24, 2.45) is 0 Å². The number of aliphatic hydroxyl groups is 1. The molecule has 1 atom stereocenters. The van der Waals surface area contributed by atoms with Gasteiger partial charge >= 0.3 is 0 Å². The zero-order chi connectivity index (χ0) is 14.0. The van der Waals surface area contributed by atoms with E-state index in [1.807, 2.05) is 6.92 Å². The van der Waals surface area contributed by atoms with Crippen LogP contribution >= 0.6 is 0 Å². The second-order valence-corrected chi connectivity index (χ2v) is 6.64. The van der Waals surface area contributed by atoms with Gasteiger partial charge < -0.3 is 5.11 Å². The van der Waals surface area contributed by atoms with Gasteiger partial charge in [-0.15, -0.1) is 0 Å². The molecule has 0 aromatic carbocycles. The molecule has 3 rings (SSSR count). The van der Waals surface area contributed by atoms with Gasteiger partial charge in [0.1, 0.15) is 5.82 Å². The second kappa shape index (κ2) is 5.82. The lowest BCUT2D eigenvalue weighted by Crippen LogP contribution is -2.47. The lowest BCUT2D eigenvalue weighted by molar-refractivity contribution is -0.0315. The first kappa shape index (κ1) is 14.0.